The van der Waals surface area contributed by atoms with Gasteiger partial charge in [-0.15, -0.1) is 0 Å². The van der Waals surface area contributed by atoms with Crippen LogP contribution in [-0.4, -0.2) is 42.3 Å². The molecule has 1 aliphatic heterocycles. The standard InChI is InChI=1S/C24H35N3O3S/c1-18-9-15-27(16-10-18)31(29,30)21-7-8-23-20(17-21)11-13-26(23)14-12-24(28)25-22-6-4-3-5-19(22)2/h7-8,11,13,17-19,22H,3-6,9-10,12,14-16H2,1-2H3,(H,25,28)/t19-,22+/m1/s1. The van der Waals surface area contributed by atoms with Crippen molar-refractivity contribution >= 4 is 26.8 Å². The Morgan fingerprint density at radius 1 is 1.06 bits per heavy atom. The van der Waals surface area contributed by atoms with Crippen molar-refractivity contribution < 1.29 is 13.2 Å². The number of benzene rings is 1. The molecule has 2 aromatic rings. The molecule has 2 fully saturated rings. The van der Waals surface area contributed by atoms with Crippen LogP contribution in [0.2, 0.25) is 0 Å². The van der Waals surface area contributed by atoms with Crippen LogP contribution in [0.25, 0.3) is 10.9 Å². The summed E-state index contributed by atoms with van der Waals surface area (Å²) in [5, 5.41) is 4.11. The summed E-state index contributed by atoms with van der Waals surface area (Å²) < 4.78 is 29.7. The molecular formula is C24H35N3O3S. The number of amides is 1. The van der Waals surface area contributed by atoms with Crippen molar-refractivity contribution in [3.63, 3.8) is 0 Å². The number of hydrogen-bond acceptors (Lipinski definition) is 3. The quantitative estimate of drug-likeness (QED) is 0.726. The van der Waals surface area contributed by atoms with Gasteiger partial charge in [-0.3, -0.25) is 4.79 Å². The maximum Gasteiger partial charge on any atom is 0.243 e. The maximum atomic E-state index is 13.0. The molecule has 0 bridgehead atoms. The lowest BCUT2D eigenvalue weighted by Gasteiger charge is -2.29. The molecule has 0 radical (unpaired) electrons. The fourth-order valence-corrected chi connectivity index (χ4v) is 6.45. The van der Waals surface area contributed by atoms with Crippen molar-refractivity contribution in [1.82, 2.24) is 14.2 Å². The van der Waals surface area contributed by atoms with E-state index in [-0.39, 0.29) is 5.91 Å². The molecule has 6 nitrogen and oxygen atoms in total. The lowest BCUT2D eigenvalue weighted by Crippen LogP contribution is -2.41. The van der Waals surface area contributed by atoms with Crippen molar-refractivity contribution in [3.05, 3.63) is 30.5 Å². The average molecular weight is 446 g/mol. The average Bonchev–Trinajstić information content (AvgIpc) is 3.16. The fourth-order valence-electron chi connectivity index (χ4n) is 4.94. The number of carbonyl (C=O) groups is 1. The lowest BCUT2D eigenvalue weighted by atomic mass is 9.86. The molecule has 1 amide bonds. The van der Waals surface area contributed by atoms with Gasteiger partial charge in [0.25, 0.3) is 0 Å². The minimum absolute atomic E-state index is 0.0964. The monoisotopic (exact) mass is 445 g/mol. The summed E-state index contributed by atoms with van der Waals surface area (Å²) in [6.07, 6.45) is 8.93. The van der Waals surface area contributed by atoms with Gasteiger partial charge >= 0.3 is 0 Å². The molecule has 2 aliphatic rings. The van der Waals surface area contributed by atoms with Gasteiger partial charge in [-0.2, -0.15) is 4.31 Å². The predicted octanol–water partition coefficient (Wildman–Crippen LogP) is 4.15. The van der Waals surface area contributed by atoms with Crippen molar-refractivity contribution in [2.75, 3.05) is 13.1 Å². The zero-order chi connectivity index (χ0) is 22.0. The van der Waals surface area contributed by atoms with E-state index in [1.807, 2.05) is 22.9 Å². The summed E-state index contributed by atoms with van der Waals surface area (Å²) >= 11 is 0. The van der Waals surface area contributed by atoms with E-state index in [9.17, 15) is 13.2 Å². The topological polar surface area (TPSA) is 71.4 Å². The second kappa shape index (κ2) is 9.33. The van der Waals surface area contributed by atoms with E-state index in [2.05, 4.69) is 19.2 Å². The number of hydrogen-bond donors (Lipinski definition) is 1. The number of aryl methyl sites for hydroxylation is 1. The molecule has 2 atom stereocenters. The molecular weight excluding hydrogens is 410 g/mol. The van der Waals surface area contributed by atoms with E-state index in [1.54, 1.807) is 16.4 Å². The number of rotatable bonds is 6. The molecule has 31 heavy (non-hydrogen) atoms. The highest BCUT2D eigenvalue weighted by Gasteiger charge is 2.28. The molecule has 170 valence electrons. The number of aromatic nitrogens is 1. The molecule has 0 unspecified atom stereocenters. The number of fused-ring (bicyclic) bond motifs is 1. The summed E-state index contributed by atoms with van der Waals surface area (Å²) in [6, 6.07) is 7.58. The van der Waals surface area contributed by atoms with Gasteiger partial charge in [-0.1, -0.05) is 26.7 Å². The third-order valence-electron chi connectivity index (χ3n) is 7.16. The third-order valence-corrected chi connectivity index (χ3v) is 9.06. The SMILES string of the molecule is CC1CCN(S(=O)(=O)c2ccc3c(ccn3CCC(=O)N[C@H]3CCCC[C@H]3C)c2)CC1. The summed E-state index contributed by atoms with van der Waals surface area (Å²) in [4.78, 5) is 12.8. The number of nitrogens with zero attached hydrogens (tertiary/aromatic N) is 2. The van der Waals surface area contributed by atoms with Gasteiger partial charge in [0.15, 0.2) is 0 Å². The van der Waals surface area contributed by atoms with Gasteiger partial charge in [0.1, 0.15) is 0 Å². The maximum absolute atomic E-state index is 13.0. The Morgan fingerprint density at radius 3 is 2.55 bits per heavy atom. The van der Waals surface area contributed by atoms with Crippen LogP contribution >= 0.6 is 0 Å². The summed E-state index contributed by atoms with van der Waals surface area (Å²) in [7, 11) is -3.46. The lowest BCUT2D eigenvalue weighted by molar-refractivity contribution is -0.122. The molecule has 1 saturated carbocycles. The smallest absolute Gasteiger partial charge is 0.243 e. The summed E-state index contributed by atoms with van der Waals surface area (Å²) in [5.74, 6) is 1.23. The molecule has 1 N–H and O–H groups in total. The molecule has 1 aromatic carbocycles. The molecule has 2 heterocycles. The first-order valence-corrected chi connectivity index (χ1v) is 13.2. The second-order valence-electron chi connectivity index (χ2n) is 9.50. The van der Waals surface area contributed by atoms with Crippen LogP contribution in [0.3, 0.4) is 0 Å². The van der Waals surface area contributed by atoms with Gasteiger partial charge in [0, 0.05) is 49.2 Å². The first-order valence-electron chi connectivity index (χ1n) is 11.7. The zero-order valence-corrected chi connectivity index (χ0v) is 19.5. The van der Waals surface area contributed by atoms with Crippen LogP contribution < -0.4 is 5.32 Å². The van der Waals surface area contributed by atoms with E-state index in [0.29, 0.717) is 48.8 Å². The molecule has 1 aliphatic carbocycles. The van der Waals surface area contributed by atoms with Gasteiger partial charge in [0.05, 0.1) is 4.90 Å². The van der Waals surface area contributed by atoms with E-state index >= 15 is 0 Å². The third kappa shape index (κ3) is 4.98. The van der Waals surface area contributed by atoms with Crippen LogP contribution in [0.1, 0.15) is 58.8 Å². The Hall–Kier alpha value is -1.86. The molecule has 0 spiro atoms. The Labute approximate surface area is 186 Å². The molecule has 1 saturated heterocycles. The fraction of sp³-hybridized carbons (Fsp3) is 0.625. The second-order valence-corrected chi connectivity index (χ2v) is 11.4. The summed E-state index contributed by atoms with van der Waals surface area (Å²) in [5.41, 5.74) is 0.963. The van der Waals surface area contributed by atoms with Crippen molar-refractivity contribution in [2.45, 2.75) is 76.3 Å². The number of nitrogens with one attached hydrogen (secondary N) is 1. The minimum atomic E-state index is -3.46. The van der Waals surface area contributed by atoms with E-state index in [0.717, 1.165) is 30.2 Å². The first kappa shape index (κ1) is 22.3. The van der Waals surface area contributed by atoms with Crippen LogP contribution in [0.15, 0.2) is 35.4 Å². The predicted molar refractivity (Wildman–Crippen MR) is 123 cm³/mol. The highest BCUT2D eigenvalue weighted by atomic mass is 32.2. The van der Waals surface area contributed by atoms with Gasteiger partial charge in [0.2, 0.25) is 15.9 Å². The first-order chi connectivity index (χ1) is 14.8. The minimum Gasteiger partial charge on any atom is -0.353 e. The van der Waals surface area contributed by atoms with Crippen molar-refractivity contribution in [1.29, 1.82) is 0 Å². The van der Waals surface area contributed by atoms with E-state index in [1.165, 1.54) is 19.3 Å². The molecule has 7 heteroatoms. The Bertz CT molecular complexity index is 1020. The largest absolute Gasteiger partial charge is 0.353 e. The zero-order valence-electron chi connectivity index (χ0n) is 18.7. The Kier molecular flexibility index (Phi) is 6.72. The van der Waals surface area contributed by atoms with Crippen LogP contribution in [0.5, 0.6) is 0 Å². The van der Waals surface area contributed by atoms with Crippen LogP contribution in [0.4, 0.5) is 0 Å². The summed E-state index contributed by atoms with van der Waals surface area (Å²) in [6.45, 7) is 6.18. The van der Waals surface area contributed by atoms with Gasteiger partial charge < -0.3 is 9.88 Å². The number of carbonyl (C=O) groups excluding carboxylic acids is 1. The number of piperidine rings is 1. The Morgan fingerprint density at radius 2 is 1.81 bits per heavy atom. The molecule has 1 aromatic heterocycles. The van der Waals surface area contributed by atoms with Gasteiger partial charge in [-0.25, -0.2) is 8.42 Å². The van der Waals surface area contributed by atoms with Crippen molar-refractivity contribution in [2.24, 2.45) is 11.8 Å². The van der Waals surface area contributed by atoms with Crippen molar-refractivity contribution in [3.8, 4) is 0 Å². The highest BCUT2D eigenvalue weighted by Crippen LogP contribution is 2.27. The normalized spacial score (nSPS) is 23.8. The molecule has 4 rings (SSSR count). The van der Waals surface area contributed by atoms with E-state index in [4.69, 9.17) is 0 Å². The number of sulfonamides is 1. The van der Waals surface area contributed by atoms with Crippen LogP contribution in [0, 0.1) is 11.8 Å². The van der Waals surface area contributed by atoms with Gasteiger partial charge in [-0.05, 0) is 61.8 Å². The van der Waals surface area contributed by atoms with E-state index < -0.39 is 10.0 Å². The van der Waals surface area contributed by atoms with Crippen LogP contribution in [-0.2, 0) is 21.4 Å². The Balaban J connectivity index is 1.41. The highest BCUT2D eigenvalue weighted by molar-refractivity contribution is 7.89.